The number of non-ortho nitro benzene ring substituents is 1. The van der Waals surface area contributed by atoms with Crippen molar-refractivity contribution in [1.29, 1.82) is 0 Å². The number of rotatable bonds is 5. The van der Waals surface area contributed by atoms with Crippen LogP contribution < -0.4 is 5.32 Å². The molecule has 1 rings (SSSR count). The van der Waals surface area contributed by atoms with Crippen molar-refractivity contribution in [3.05, 3.63) is 39.9 Å². The molecule has 102 valence electrons. The molecule has 1 N–H and O–H groups in total. The Kier molecular flexibility index (Phi) is 4.99. The number of amides is 1. The Balaban J connectivity index is 2.54. The zero-order chi connectivity index (χ0) is 14.4. The highest BCUT2D eigenvalue weighted by Crippen LogP contribution is 2.11. The van der Waals surface area contributed by atoms with Gasteiger partial charge in [0.2, 0.25) is 0 Å². The van der Waals surface area contributed by atoms with E-state index in [1.165, 1.54) is 24.3 Å². The molecule has 0 spiro atoms. The molecule has 0 radical (unpaired) electrons. The number of esters is 1. The van der Waals surface area contributed by atoms with Gasteiger partial charge in [-0.15, -0.1) is 0 Å². The Morgan fingerprint density at radius 2 is 1.89 bits per heavy atom. The van der Waals surface area contributed by atoms with E-state index in [9.17, 15) is 19.7 Å². The number of benzene rings is 1. The van der Waals surface area contributed by atoms with Crippen LogP contribution in [0.15, 0.2) is 24.3 Å². The molecule has 0 saturated carbocycles. The van der Waals surface area contributed by atoms with Crippen LogP contribution in [0.5, 0.6) is 0 Å². The average Bonchev–Trinajstić information content (AvgIpc) is 2.35. The molecule has 0 aliphatic carbocycles. The van der Waals surface area contributed by atoms with Crippen molar-refractivity contribution < 1.29 is 19.2 Å². The molecule has 19 heavy (non-hydrogen) atoms. The normalized spacial score (nSPS) is 10.1. The van der Waals surface area contributed by atoms with Gasteiger partial charge in [-0.1, -0.05) is 0 Å². The Morgan fingerprint density at radius 3 is 2.37 bits per heavy atom. The molecule has 0 heterocycles. The van der Waals surface area contributed by atoms with E-state index < -0.39 is 16.8 Å². The van der Waals surface area contributed by atoms with Crippen molar-refractivity contribution in [2.24, 2.45) is 0 Å². The molecule has 0 saturated heterocycles. The van der Waals surface area contributed by atoms with E-state index in [0.717, 1.165) is 0 Å². The molecule has 1 amide bonds. The zero-order valence-electron chi connectivity index (χ0n) is 10.6. The Hall–Kier alpha value is -2.44. The molecule has 7 nitrogen and oxygen atoms in total. The monoisotopic (exact) mass is 266 g/mol. The van der Waals surface area contributed by atoms with Crippen molar-refractivity contribution in [2.75, 3.05) is 6.54 Å². The van der Waals surface area contributed by atoms with Crippen LogP contribution in [0.4, 0.5) is 5.69 Å². The summed E-state index contributed by atoms with van der Waals surface area (Å²) in [4.78, 5) is 32.7. The molecule has 0 aliphatic heterocycles. The summed E-state index contributed by atoms with van der Waals surface area (Å²) >= 11 is 0. The summed E-state index contributed by atoms with van der Waals surface area (Å²) in [6, 6.07) is 5.09. The number of nitro benzene ring substituents is 1. The molecule has 1 aromatic rings. The minimum atomic E-state index is -0.554. The van der Waals surface area contributed by atoms with Crippen molar-refractivity contribution in [3.63, 3.8) is 0 Å². The SMILES string of the molecule is CC(C)OC(=O)CNC(=O)c1ccc([N+](=O)[O-])cc1. The summed E-state index contributed by atoms with van der Waals surface area (Å²) in [5.74, 6) is -1.03. The van der Waals surface area contributed by atoms with Gasteiger partial charge >= 0.3 is 5.97 Å². The smallest absolute Gasteiger partial charge is 0.325 e. The molecule has 0 bridgehead atoms. The Morgan fingerprint density at radius 1 is 1.32 bits per heavy atom. The molecule has 0 fully saturated rings. The number of hydrogen-bond donors (Lipinski definition) is 1. The van der Waals surface area contributed by atoms with Gasteiger partial charge in [0.25, 0.3) is 11.6 Å². The third kappa shape index (κ3) is 4.74. The fraction of sp³-hybridized carbons (Fsp3) is 0.333. The van der Waals surface area contributed by atoms with Crippen molar-refractivity contribution >= 4 is 17.6 Å². The zero-order valence-corrected chi connectivity index (χ0v) is 10.6. The number of ether oxygens (including phenoxy) is 1. The van der Waals surface area contributed by atoms with Gasteiger partial charge in [0.15, 0.2) is 0 Å². The van der Waals surface area contributed by atoms with Gasteiger partial charge in [-0.05, 0) is 26.0 Å². The minimum Gasteiger partial charge on any atom is -0.462 e. The van der Waals surface area contributed by atoms with Gasteiger partial charge in [0, 0.05) is 17.7 Å². The van der Waals surface area contributed by atoms with Crippen LogP contribution in [-0.4, -0.2) is 29.4 Å². The molecule has 0 aromatic heterocycles. The van der Waals surface area contributed by atoms with Gasteiger partial charge in [-0.25, -0.2) is 0 Å². The van der Waals surface area contributed by atoms with Crippen molar-refractivity contribution in [2.45, 2.75) is 20.0 Å². The van der Waals surface area contributed by atoms with Gasteiger partial charge in [0.05, 0.1) is 11.0 Å². The van der Waals surface area contributed by atoms with Crippen molar-refractivity contribution in [3.8, 4) is 0 Å². The van der Waals surface area contributed by atoms with E-state index in [0.29, 0.717) is 0 Å². The maximum atomic E-state index is 11.6. The first-order valence-electron chi connectivity index (χ1n) is 5.62. The molecular formula is C12H14N2O5. The first kappa shape index (κ1) is 14.6. The quantitative estimate of drug-likeness (QED) is 0.491. The molecule has 1 aromatic carbocycles. The predicted octanol–water partition coefficient (Wildman–Crippen LogP) is 1.28. The summed E-state index contributed by atoms with van der Waals surface area (Å²) in [7, 11) is 0. The number of carbonyl (C=O) groups is 2. The summed E-state index contributed by atoms with van der Waals surface area (Å²) in [5, 5.41) is 12.8. The number of hydrogen-bond acceptors (Lipinski definition) is 5. The largest absolute Gasteiger partial charge is 0.462 e. The van der Waals surface area contributed by atoms with Gasteiger partial charge < -0.3 is 10.1 Å². The molecular weight excluding hydrogens is 252 g/mol. The summed E-state index contributed by atoms with van der Waals surface area (Å²) in [5.41, 5.74) is 0.138. The van der Waals surface area contributed by atoms with Crippen LogP contribution >= 0.6 is 0 Å². The third-order valence-electron chi connectivity index (χ3n) is 2.10. The van der Waals surface area contributed by atoms with E-state index in [4.69, 9.17) is 4.74 Å². The molecule has 7 heteroatoms. The Labute approximate surface area is 109 Å². The number of nitro groups is 1. The van der Waals surface area contributed by atoms with Crippen LogP contribution in [0, 0.1) is 10.1 Å². The van der Waals surface area contributed by atoms with E-state index in [1.807, 2.05) is 0 Å². The van der Waals surface area contributed by atoms with E-state index in [-0.39, 0.29) is 23.9 Å². The lowest BCUT2D eigenvalue weighted by Crippen LogP contribution is -2.31. The molecule has 0 atom stereocenters. The third-order valence-corrected chi connectivity index (χ3v) is 2.10. The first-order valence-corrected chi connectivity index (χ1v) is 5.62. The summed E-state index contributed by atoms with van der Waals surface area (Å²) in [6.07, 6.45) is -0.247. The lowest BCUT2D eigenvalue weighted by Gasteiger charge is -2.08. The topological polar surface area (TPSA) is 98.5 Å². The maximum absolute atomic E-state index is 11.6. The van der Waals surface area contributed by atoms with E-state index in [1.54, 1.807) is 13.8 Å². The standard InChI is InChI=1S/C12H14N2O5/c1-8(2)19-11(15)7-13-12(16)9-3-5-10(6-4-9)14(17)18/h3-6,8H,7H2,1-2H3,(H,13,16). The number of nitrogens with one attached hydrogen (secondary N) is 1. The fourth-order valence-corrected chi connectivity index (χ4v) is 1.29. The minimum absolute atomic E-state index is 0.101. The molecule has 0 unspecified atom stereocenters. The van der Waals surface area contributed by atoms with E-state index >= 15 is 0 Å². The van der Waals surface area contributed by atoms with E-state index in [2.05, 4.69) is 5.32 Å². The van der Waals surface area contributed by atoms with Crippen LogP contribution in [0.1, 0.15) is 24.2 Å². The second-order valence-corrected chi connectivity index (χ2v) is 4.03. The lowest BCUT2D eigenvalue weighted by molar-refractivity contribution is -0.384. The summed E-state index contributed by atoms with van der Waals surface area (Å²) in [6.45, 7) is 3.17. The highest BCUT2D eigenvalue weighted by molar-refractivity contribution is 5.96. The van der Waals surface area contributed by atoms with Crippen LogP contribution in [-0.2, 0) is 9.53 Å². The first-order chi connectivity index (χ1) is 8.90. The van der Waals surface area contributed by atoms with Gasteiger partial charge in [-0.3, -0.25) is 19.7 Å². The lowest BCUT2D eigenvalue weighted by atomic mass is 10.2. The highest BCUT2D eigenvalue weighted by atomic mass is 16.6. The summed E-state index contributed by atoms with van der Waals surface area (Å²) < 4.78 is 4.84. The highest BCUT2D eigenvalue weighted by Gasteiger charge is 2.11. The maximum Gasteiger partial charge on any atom is 0.325 e. The number of carbonyl (C=O) groups excluding carboxylic acids is 2. The Bertz CT molecular complexity index is 481. The second kappa shape index (κ2) is 6.48. The van der Waals surface area contributed by atoms with Gasteiger partial charge in [0.1, 0.15) is 6.54 Å². The second-order valence-electron chi connectivity index (χ2n) is 4.03. The predicted molar refractivity (Wildman–Crippen MR) is 66.7 cm³/mol. The fourth-order valence-electron chi connectivity index (χ4n) is 1.29. The van der Waals surface area contributed by atoms with Crippen LogP contribution in [0.25, 0.3) is 0 Å². The number of nitrogens with zero attached hydrogens (tertiary/aromatic N) is 1. The van der Waals surface area contributed by atoms with Gasteiger partial charge in [-0.2, -0.15) is 0 Å². The van der Waals surface area contributed by atoms with Crippen LogP contribution in [0.3, 0.4) is 0 Å². The van der Waals surface area contributed by atoms with Crippen LogP contribution in [0.2, 0.25) is 0 Å². The molecule has 0 aliphatic rings. The van der Waals surface area contributed by atoms with Crippen molar-refractivity contribution in [1.82, 2.24) is 5.32 Å². The average molecular weight is 266 g/mol.